The highest BCUT2D eigenvalue weighted by Gasteiger charge is 2.67. The van der Waals surface area contributed by atoms with E-state index in [1.807, 2.05) is 4.57 Å². The molecule has 2 heterocycles. The van der Waals surface area contributed by atoms with Crippen LogP contribution in [0.15, 0.2) is 12.7 Å². The van der Waals surface area contributed by atoms with Crippen molar-refractivity contribution in [3.8, 4) is 0 Å². The minimum atomic E-state index is -0.455. The van der Waals surface area contributed by atoms with Crippen molar-refractivity contribution in [2.45, 2.75) is 25.0 Å². The quantitative estimate of drug-likeness (QED) is 0.685. The van der Waals surface area contributed by atoms with Gasteiger partial charge in [-0.1, -0.05) is 0 Å². The Balaban J connectivity index is 1.79. The molecule has 19 heavy (non-hydrogen) atoms. The van der Waals surface area contributed by atoms with Crippen LogP contribution in [0.4, 0.5) is 5.82 Å². The van der Waals surface area contributed by atoms with Crippen molar-refractivity contribution >= 4 is 17.0 Å². The number of aliphatic hydroxyl groups excluding tert-OH is 2. The average molecular weight is 261 g/mol. The largest absolute Gasteiger partial charge is 0.396 e. The van der Waals surface area contributed by atoms with Crippen LogP contribution in [0.1, 0.15) is 18.9 Å². The third-order valence-corrected chi connectivity index (χ3v) is 4.81. The first kappa shape index (κ1) is 11.1. The topological polar surface area (TPSA) is 110 Å². The van der Waals surface area contributed by atoms with Gasteiger partial charge in [-0.05, 0) is 18.8 Å². The first-order valence-electron chi connectivity index (χ1n) is 6.39. The van der Waals surface area contributed by atoms with Crippen molar-refractivity contribution in [1.29, 1.82) is 0 Å². The van der Waals surface area contributed by atoms with Crippen LogP contribution < -0.4 is 5.73 Å². The molecule has 2 fully saturated rings. The lowest BCUT2D eigenvalue weighted by Gasteiger charge is -2.16. The summed E-state index contributed by atoms with van der Waals surface area (Å²) in [7, 11) is 0. The number of hydrogen-bond donors (Lipinski definition) is 3. The SMILES string of the molecule is Nc1ncnc2c1ncn2[C@H]1C[C@H](O)[C@@]2(CO)CC12. The normalized spacial score (nSPS) is 36.6. The highest BCUT2D eigenvalue weighted by Crippen LogP contribution is 2.67. The summed E-state index contributed by atoms with van der Waals surface area (Å²) in [6, 6.07) is 0.126. The number of fused-ring (bicyclic) bond motifs is 2. The highest BCUT2D eigenvalue weighted by molar-refractivity contribution is 5.81. The Morgan fingerprint density at radius 2 is 2.26 bits per heavy atom. The van der Waals surface area contributed by atoms with E-state index >= 15 is 0 Å². The summed E-state index contributed by atoms with van der Waals surface area (Å²) in [6.45, 7) is 0.0408. The molecule has 0 bridgehead atoms. The van der Waals surface area contributed by atoms with Crippen LogP contribution >= 0.6 is 0 Å². The molecule has 2 aromatic rings. The highest BCUT2D eigenvalue weighted by atomic mass is 16.3. The van der Waals surface area contributed by atoms with E-state index in [9.17, 15) is 10.2 Å². The van der Waals surface area contributed by atoms with Gasteiger partial charge in [-0.2, -0.15) is 0 Å². The Kier molecular flexibility index (Phi) is 2.01. The monoisotopic (exact) mass is 261 g/mol. The summed E-state index contributed by atoms with van der Waals surface area (Å²) in [6.07, 6.45) is 4.16. The number of aliphatic hydroxyl groups is 2. The van der Waals surface area contributed by atoms with Crippen LogP contribution in [0.2, 0.25) is 0 Å². The van der Waals surface area contributed by atoms with Crippen molar-refractivity contribution in [3.63, 3.8) is 0 Å². The lowest BCUT2D eigenvalue weighted by Crippen LogP contribution is -2.22. The number of hydrogen-bond acceptors (Lipinski definition) is 6. The fraction of sp³-hybridized carbons (Fsp3) is 0.583. The van der Waals surface area contributed by atoms with Crippen LogP contribution in [0.3, 0.4) is 0 Å². The molecule has 0 amide bonds. The molecular weight excluding hydrogens is 246 g/mol. The van der Waals surface area contributed by atoms with Crippen LogP contribution in [0, 0.1) is 11.3 Å². The van der Waals surface area contributed by atoms with Gasteiger partial charge in [0.25, 0.3) is 0 Å². The van der Waals surface area contributed by atoms with Crippen LogP contribution in [0.25, 0.3) is 11.2 Å². The Hall–Kier alpha value is -1.73. The first-order valence-corrected chi connectivity index (χ1v) is 6.39. The summed E-state index contributed by atoms with van der Waals surface area (Å²) in [5.74, 6) is 0.660. The molecule has 7 heteroatoms. The molecule has 1 unspecified atom stereocenters. The summed E-state index contributed by atoms with van der Waals surface area (Å²) >= 11 is 0. The van der Waals surface area contributed by atoms with Gasteiger partial charge in [0.15, 0.2) is 11.5 Å². The molecule has 2 aliphatic carbocycles. The first-order chi connectivity index (χ1) is 9.17. The van der Waals surface area contributed by atoms with E-state index in [0.717, 1.165) is 6.42 Å². The molecule has 4 N–H and O–H groups in total. The molecule has 4 rings (SSSR count). The maximum absolute atomic E-state index is 10.1. The van der Waals surface area contributed by atoms with Crippen molar-refractivity contribution < 1.29 is 10.2 Å². The fourth-order valence-corrected chi connectivity index (χ4v) is 3.59. The van der Waals surface area contributed by atoms with E-state index in [1.165, 1.54) is 6.33 Å². The number of nitrogens with zero attached hydrogens (tertiary/aromatic N) is 4. The predicted molar refractivity (Wildman–Crippen MR) is 67.0 cm³/mol. The molecule has 0 radical (unpaired) electrons. The summed E-state index contributed by atoms with van der Waals surface area (Å²) < 4.78 is 1.96. The second-order valence-electron chi connectivity index (χ2n) is 5.60. The van der Waals surface area contributed by atoms with Crippen LogP contribution in [-0.2, 0) is 0 Å². The molecular formula is C12H15N5O2. The van der Waals surface area contributed by atoms with E-state index in [-0.39, 0.29) is 18.1 Å². The van der Waals surface area contributed by atoms with Gasteiger partial charge in [0.2, 0.25) is 0 Å². The third-order valence-electron chi connectivity index (χ3n) is 4.81. The van der Waals surface area contributed by atoms with E-state index < -0.39 is 6.10 Å². The van der Waals surface area contributed by atoms with Gasteiger partial charge < -0.3 is 20.5 Å². The predicted octanol–water partition coefficient (Wildman–Crippen LogP) is -0.287. The van der Waals surface area contributed by atoms with Crippen molar-refractivity contribution in [3.05, 3.63) is 12.7 Å². The van der Waals surface area contributed by atoms with Gasteiger partial charge in [0, 0.05) is 11.5 Å². The van der Waals surface area contributed by atoms with Gasteiger partial charge in [-0.3, -0.25) is 0 Å². The lowest BCUT2D eigenvalue weighted by molar-refractivity contribution is 0.0600. The molecule has 0 spiro atoms. The van der Waals surface area contributed by atoms with Gasteiger partial charge in [0.05, 0.1) is 19.0 Å². The number of imidazole rings is 1. The van der Waals surface area contributed by atoms with Crippen molar-refractivity contribution in [2.75, 3.05) is 12.3 Å². The zero-order chi connectivity index (χ0) is 13.2. The Morgan fingerprint density at radius 1 is 1.42 bits per heavy atom. The number of anilines is 1. The molecule has 2 saturated carbocycles. The summed E-state index contributed by atoms with van der Waals surface area (Å²) in [5, 5.41) is 19.6. The number of nitrogen functional groups attached to an aromatic ring is 1. The Bertz CT molecular complexity index is 657. The van der Waals surface area contributed by atoms with Crippen molar-refractivity contribution in [1.82, 2.24) is 19.5 Å². The second-order valence-corrected chi connectivity index (χ2v) is 5.60. The Morgan fingerprint density at radius 3 is 2.95 bits per heavy atom. The number of rotatable bonds is 2. The number of nitrogens with two attached hydrogens (primary N) is 1. The molecule has 4 atom stereocenters. The average Bonchev–Trinajstić information content (AvgIpc) is 2.89. The molecule has 0 aliphatic heterocycles. The van der Waals surface area contributed by atoms with Gasteiger partial charge in [-0.25, -0.2) is 15.0 Å². The van der Waals surface area contributed by atoms with Gasteiger partial charge >= 0.3 is 0 Å². The van der Waals surface area contributed by atoms with E-state index in [0.29, 0.717) is 29.3 Å². The van der Waals surface area contributed by atoms with E-state index in [4.69, 9.17) is 5.73 Å². The van der Waals surface area contributed by atoms with Crippen LogP contribution in [0.5, 0.6) is 0 Å². The Labute approximate surface area is 109 Å². The maximum Gasteiger partial charge on any atom is 0.165 e. The summed E-state index contributed by atoms with van der Waals surface area (Å²) in [5.41, 5.74) is 6.77. The summed E-state index contributed by atoms with van der Waals surface area (Å²) in [4.78, 5) is 12.4. The minimum absolute atomic E-state index is 0.0408. The molecule has 2 aromatic heterocycles. The second kappa shape index (κ2) is 3.43. The van der Waals surface area contributed by atoms with Gasteiger partial charge in [0.1, 0.15) is 11.8 Å². The molecule has 2 aliphatic rings. The molecule has 0 saturated heterocycles. The van der Waals surface area contributed by atoms with E-state index in [2.05, 4.69) is 15.0 Å². The van der Waals surface area contributed by atoms with E-state index in [1.54, 1.807) is 6.33 Å². The molecule has 7 nitrogen and oxygen atoms in total. The van der Waals surface area contributed by atoms with Crippen LogP contribution in [-0.4, -0.2) is 42.4 Å². The van der Waals surface area contributed by atoms with Gasteiger partial charge in [-0.15, -0.1) is 0 Å². The zero-order valence-corrected chi connectivity index (χ0v) is 10.3. The van der Waals surface area contributed by atoms with Crippen molar-refractivity contribution in [2.24, 2.45) is 11.3 Å². The third kappa shape index (κ3) is 1.26. The molecule has 100 valence electrons. The minimum Gasteiger partial charge on any atom is -0.396 e. The lowest BCUT2D eigenvalue weighted by atomic mass is 10.0. The standard InChI is InChI=1S/C12H15N5O2/c13-10-9-11(15-4-14-10)17(5-16-9)7-1-8(19)12(3-18)2-6(7)12/h4-8,18-19H,1-3H2,(H2,13,14,15)/t6?,7-,8-,12+/m0/s1. The number of aromatic nitrogens is 4. The molecule has 0 aromatic carbocycles. The zero-order valence-electron chi connectivity index (χ0n) is 10.3. The maximum atomic E-state index is 10.1. The fourth-order valence-electron chi connectivity index (χ4n) is 3.59. The smallest absolute Gasteiger partial charge is 0.165 e.